The van der Waals surface area contributed by atoms with Gasteiger partial charge in [-0.2, -0.15) is 11.8 Å². The van der Waals surface area contributed by atoms with Crippen LogP contribution in [0.3, 0.4) is 0 Å². The summed E-state index contributed by atoms with van der Waals surface area (Å²) in [5.41, 5.74) is 1.31. The normalized spacial score (nSPS) is 20.8. The van der Waals surface area contributed by atoms with E-state index in [4.69, 9.17) is 4.42 Å². The molecular weight excluding hydrogens is 268 g/mol. The largest absolute Gasteiger partial charge is 0.465 e. The van der Waals surface area contributed by atoms with Crippen LogP contribution in [0, 0.1) is 12.8 Å². The fourth-order valence-electron chi connectivity index (χ4n) is 2.53. The first-order chi connectivity index (χ1) is 9.56. The number of thioether (sulfide) groups is 1. The molecule has 0 spiro atoms. The van der Waals surface area contributed by atoms with Crippen molar-refractivity contribution in [1.82, 2.24) is 10.2 Å². The fourth-order valence-corrected chi connectivity index (χ4v) is 3.62. The zero-order valence-corrected chi connectivity index (χ0v) is 14.1. The quantitative estimate of drug-likeness (QED) is 0.872. The highest BCUT2D eigenvalue weighted by atomic mass is 32.2. The molecule has 20 heavy (non-hydrogen) atoms. The molecule has 1 aliphatic rings. The average Bonchev–Trinajstić information content (AvgIpc) is 2.72. The molecule has 1 N–H and O–H groups in total. The number of hydrogen-bond donors (Lipinski definition) is 1. The molecule has 0 bridgehead atoms. The molecule has 1 aliphatic heterocycles. The smallest absolute Gasteiger partial charge is 0.118 e. The molecule has 2 rings (SSSR count). The Balaban J connectivity index is 1.89. The Morgan fingerprint density at radius 3 is 3.00 bits per heavy atom. The van der Waals surface area contributed by atoms with E-state index in [1.165, 1.54) is 23.6 Å². The zero-order valence-electron chi connectivity index (χ0n) is 13.2. The number of hydrogen-bond acceptors (Lipinski definition) is 4. The van der Waals surface area contributed by atoms with E-state index in [-0.39, 0.29) is 0 Å². The summed E-state index contributed by atoms with van der Waals surface area (Å²) in [5, 5.41) is 3.49. The summed E-state index contributed by atoms with van der Waals surface area (Å²) in [4.78, 5) is 2.53. The van der Waals surface area contributed by atoms with Gasteiger partial charge in [0.25, 0.3) is 0 Å². The second-order valence-electron chi connectivity index (χ2n) is 6.21. The second-order valence-corrected chi connectivity index (χ2v) is 7.36. The fraction of sp³-hybridized carbons (Fsp3) is 0.750. The van der Waals surface area contributed by atoms with Crippen LogP contribution < -0.4 is 5.32 Å². The molecule has 4 heteroatoms. The van der Waals surface area contributed by atoms with Gasteiger partial charge in [-0.05, 0) is 32.4 Å². The van der Waals surface area contributed by atoms with E-state index in [9.17, 15) is 0 Å². The highest BCUT2D eigenvalue weighted by Gasteiger charge is 2.20. The molecule has 1 aromatic heterocycles. The number of nitrogens with one attached hydrogen (secondary N) is 1. The van der Waals surface area contributed by atoms with Crippen LogP contribution in [-0.2, 0) is 13.1 Å². The van der Waals surface area contributed by atoms with Gasteiger partial charge in [0.15, 0.2) is 0 Å². The Bertz CT molecular complexity index is 417. The predicted octanol–water partition coefficient (Wildman–Crippen LogP) is 3.27. The van der Waals surface area contributed by atoms with Gasteiger partial charge in [-0.3, -0.25) is 4.90 Å². The van der Waals surface area contributed by atoms with E-state index in [0.717, 1.165) is 31.2 Å². The van der Waals surface area contributed by atoms with E-state index < -0.39 is 0 Å². The summed E-state index contributed by atoms with van der Waals surface area (Å²) in [5.74, 6) is 5.35. The van der Waals surface area contributed by atoms with Crippen molar-refractivity contribution >= 4 is 11.8 Å². The molecule has 1 unspecified atom stereocenters. The third-order valence-electron chi connectivity index (χ3n) is 3.80. The molecule has 1 fully saturated rings. The highest BCUT2D eigenvalue weighted by Crippen LogP contribution is 2.21. The molecule has 0 aromatic carbocycles. The third kappa shape index (κ3) is 4.54. The summed E-state index contributed by atoms with van der Waals surface area (Å²) in [6, 6.07) is 2.89. The monoisotopic (exact) mass is 296 g/mol. The minimum absolute atomic E-state index is 0.654. The number of rotatable bonds is 6. The molecule has 0 amide bonds. The van der Waals surface area contributed by atoms with E-state index in [0.29, 0.717) is 12.0 Å². The van der Waals surface area contributed by atoms with Crippen LogP contribution in [0.4, 0.5) is 0 Å². The van der Waals surface area contributed by atoms with Gasteiger partial charge in [0.2, 0.25) is 0 Å². The van der Waals surface area contributed by atoms with E-state index in [2.05, 4.69) is 55.7 Å². The van der Waals surface area contributed by atoms with E-state index in [1.807, 2.05) is 0 Å². The van der Waals surface area contributed by atoms with Gasteiger partial charge in [0.05, 0.1) is 6.54 Å². The van der Waals surface area contributed by atoms with Crippen LogP contribution in [0.15, 0.2) is 10.5 Å². The second kappa shape index (κ2) is 7.53. The summed E-state index contributed by atoms with van der Waals surface area (Å²) in [6.45, 7) is 12.9. The van der Waals surface area contributed by atoms with Crippen LogP contribution in [0.2, 0.25) is 0 Å². The Morgan fingerprint density at radius 1 is 1.50 bits per heavy atom. The van der Waals surface area contributed by atoms with Crippen molar-refractivity contribution < 1.29 is 4.42 Å². The van der Waals surface area contributed by atoms with Crippen LogP contribution in [-0.4, -0.2) is 35.5 Å². The number of nitrogens with zero attached hydrogens (tertiary/aromatic N) is 1. The predicted molar refractivity (Wildman–Crippen MR) is 87.2 cm³/mol. The van der Waals surface area contributed by atoms with Gasteiger partial charge in [-0.1, -0.05) is 13.8 Å². The maximum Gasteiger partial charge on any atom is 0.118 e. The molecule has 1 atom stereocenters. The summed E-state index contributed by atoms with van der Waals surface area (Å²) < 4.78 is 5.93. The topological polar surface area (TPSA) is 28.4 Å². The van der Waals surface area contributed by atoms with Crippen molar-refractivity contribution in [3.8, 4) is 0 Å². The van der Waals surface area contributed by atoms with E-state index in [1.54, 1.807) is 0 Å². The van der Waals surface area contributed by atoms with Gasteiger partial charge < -0.3 is 9.73 Å². The number of furan rings is 1. The third-order valence-corrected chi connectivity index (χ3v) is 4.99. The van der Waals surface area contributed by atoms with Crippen molar-refractivity contribution in [3.63, 3.8) is 0 Å². The molecule has 0 aliphatic carbocycles. The minimum atomic E-state index is 0.654. The molecule has 1 aromatic rings. The lowest BCUT2D eigenvalue weighted by molar-refractivity contribution is 0.205. The average molecular weight is 296 g/mol. The number of aryl methyl sites for hydroxylation is 1. The van der Waals surface area contributed by atoms with Gasteiger partial charge >= 0.3 is 0 Å². The molecule has 0 radical (unpaired) electrons. The van der Waals surface area contributed by atoms with Crippen molar-refractivity contribution in [2.75, 3.05) is 24.6 Å². The van der Waals surface area contributed by atoms with Gasteiger partial charge in [-0.25, -0.2) is 0 Å². The molecule has 1 saturated heterocycles. The Kier molecular flexibility index (Phi) is 6.00. The lowest BCUT2D eigenvalue weighted by Crippen LogP contribution is -2.39. The van der Waals surface area contributed by atoms with Gasteiger partial charge in [0, 0.05) is 36.2 Å². The first-order valence-electron chi connectivity index (χ1n) is 7.67. The van der Waals surface area contributed by atoms with Crippen molar-refractivity contribution in [3.05, 3.63) is 23.2 Å². The first-order valence-corrected chi connectivity index (χ1v) is 8.82. The summed E-state index contributed by atoms with van der Waals surface area (Å²) >= 11 is 2.06. The Labute approximate surface area is 127 Å². The molecular formula is C16H28N2OS. The lowest BCUT2D eigenvalue weighted by atomic mass is 10.2. The van der Waals surface area contributed by atoms with E-state index >= 15 is 0 Å². The minimum Gasteiger partial charge on any atom is -0.465 e. The molecule has 3 nitrogen and oxygen atoms in total. The van der Waals surface area contributed by atoms with Crippen LogP contribution in [0.5, 0.6) is 0 Å². The molecule has 114 valence electrons. The SMILES string of the molecule is Cc1oc(CN2CCSCC2C)cc1CNCC(C)C. The van der Waals surface area contributed by atoms with Crippen LogP contribution in [0.1, 0.15) is 37.9 Å². The Hall–Kier alpha value is -0.450. The summed E-state index contributed by atoms with van der Waals surface area (Å²) in [6.07, 6.45) is 0. The molecule has 2 heterocycles. The first kappa shape index (κ1) is 15.9. The van der Waals surface area contributed by atoms with Gasteiger partial charge in [0.1, 0.15) is 11.5 Å². The van der Waals surface area contributed by atoms with Crippen LogP contribution >= 0.6 is 11.8 Å². The Morgan fingerprint density at radius 2 is 2.30 bits per heavy atom. The maximum absolute atomic E-state index is 5.93. The zero-order chi connectivity index (χ0) is 14.5. The highest BCUT2D eigenvalue weighted by molar-refractivity contribution is 7.99. The van der Waals surface area contributed by atoms with Crippen molar-refractivity contribution in [2.24, 2.45) is 5.92 Å². The van der Waals surface area contributed by atoms with Gasteiger partial charge in [-0.15, -0.1) is 0 Å². The molecule has 0 saturated carbocycles. The van der Waals surface area contributed by atoms with Crippen molar-refractivity contribution in [2.45, 2.75) is 46.8 Å². The lowest BCUT2D eigenvalue weighted by Gasteiger charge is -2.32. The summed E-state index contributed by atoms with van der Waals surface area (Å²) in [7, 11) is 0. The maximum atomic E-state index is 5.93. The van der Waals surface area contributed by atoms with Crippen LogP contribution in [0.25, 0.3) is 0 Å². The van der Waals surface area contributed by atoms with Crippen molar-refractivity contribution in [1.29, 1.82) is 0 Å². The standard InChI is InChI=1S/C16H28N2OS/c1-12(2)8-17-9-15-7-16(19-14(15)4)10-18-5-6-20-11-13(18)3/h7,12-13,17H,5-6,8-11H2,1-4H3.